The molecule has 4 rings (SSSR count). The zero-order valence-electron chi connectivity index (χ0n) is 24.1. The van der Waals surface area contributed by atoms with Crippen LogP contribution in [-0.4, -0.2) is 72.7 Å². The quantitative estimate of drug-likeness (QED) is 0.424. The fourth-order valence-electron chi connectivity index (χ4n) is 5.33. The average Bonchev–Trinajstić information content (AvgIpc) is 2.92. The summed E-state index contributed by atoms with van der Waals surface area (Å²) >= 11 is 0. The second kappa shape index (κ2) is 12.5. The molecule has 0 fully saturated rings. The van der Waals surface area contributed by atoms with Crippen LogP contribution in [0.15, 0.2) is 76.9 Å². The molecule has 0 saturated heterocycles. The third-order valence-corrected chi connectivity index (χ3v) is 9.04. The molecule has 1 atom stereocenters. The molecule has 1 aliphatic heterocycles. The van der Waals surface area contributed by atoms with Crippen LogP contribution in [0.25, 0.3) is 5.57 Å². The molecule has 2 aromatic rings. The van der Waals surface area contributed by atoms with Gasteiger partial charge < -0.3 is 19.4 Å². The number of ether oxygens (including phenoxy) is 1. The second-order valence-corrected chi connectivity index (χ2v) is 12.0. The van der Waals surface area contributed by atoms with E-state index in [1.807, 2.05) is 31.1 Å². The molecule has 0 radical (unpaired) electrons. The van der Waals surface area contributed by atoms with Crippen molar-refractivity contribution in [1.29, 1.82) is 0 Å². The maximum absolute atomic E-state index is 13.1. The Kier molecular flexibility index (Phi) is 9.33. The van der Waals surface area contributed by atoms with Crippen molar-refractivity contribution < 1.29 is 18.1 Å². The third-order valence-electron chi connectivity index (χ3n) is 7.58. The van der Waals surface area contributed by atoms with Crippen LogP contribution in [0.3, 0.4) is 0 Å². The number of sulfonamides is 1. The predicted molar refractivity (Wildman–Crippen MR) is 160 cm³/mol. The SMILES string of the molecule is CCN(CC)c1ccc2c(c1)OC1=CC([NH+](CC)CC)C=CC1=C2c1cccc(S(=O)(=O)NCCN(C)C)c1. The summed E-state index contributed by atoms with van der Waals surface area (Å²) in [4.78, 5) is 5.97. The zero-order chi connectivity index (χ0) is 28.2. The van der Waals surface area contributed by atoms with Gasteiger partial charge >= 0.3 is 0 Å². The van der Waals surface area contributed by atoms with Gasteiger partial charge in [-0.05, 0) is 83.8 Å². The number of hydrogen-bond acceptors (Lipinski definition) is 5. The van der Waals surface area contributed by atoms with E-state index in [2.05, 4.69) is 73.7 Å². The van der Waals surface area contributed by atoms with Gasteiger partial charge in [-0.2, -0.15) is 0 Å². The van der Waals surface area contributed by atoms with Crippen LogP contribution in [0.4, 0.5) is 5.69 Å². The number of nitrogens with one attached hydrogen (secondary N) is 2. The smallest absolute Gasteiger partial charge is 0.240 e. The minimum atomic E-state index is -3.65. The number of hydrogen-bond donors (Lipinski definition) is 2. The van der Waals surface area contributed by atoms with Gasteiger partial charge in [0.2, 0.25) is 10.0 Å². The number of anilines is 1. The fraction of sp³-hybridized carbons (Fsp3) is 0.419. The number of likely N-dealkylation sites (N-methyl/N-ethyl adjacent to an activating group) is 2. The molecule has 0 bridgehead atoms. The van der Waals surface area contributed by atoms with Crippen molar-refractivity contribution >= 4 is 21.3 Å². The molecule has 0 spiro atoms. The largest absolute Gasteiger partial charge is 0.456 e. The Labute approximate surface area is 234 Å². The molecular formula is C31H43N4O3S+. The number of fused-ring (bicyclic) bond motifs is 2. The topological polar surface area (TPSA) is 66.3 Å². The molecule has 2 N–H and O–H groups in total. The molecule has 0 saturated carbocycles. The van der Waals surface area contributed by atoms with E-state index < -0.39 is 10.0 Å². The minimum absolute atomic E-state index is 0.222. The van der Waals surface area contributed by atoms with Crippen molar-refractivity contribution in [3.63, 3.8) is 0 Å². The van der Waals surface area contributed by atoms with Gasteiger partial charge in [0.25, 0.3) is 0 Å². The summed E-state index contributed by atoms with van der Waals surface area (Å²) in [7, 11) is 0.197. The highest BCUT2D eigenvalue weighted by molar-refractivity contribution is 7.89. The fourth-order valence-corrected chi connectivity index (χ4v) is 6.40. The summed E-state index contributed by atoms with van der Waals surface area (Å²) in [5, 5.41) is 0. The first-order valence-electron chi connectivity index (χ1n) is 14.0. The Morgan fingerprint density at radius 3 is 2.41 bits per heavy atom. The normalized spacial score (nSPS) is 16.7. The molecule has 39 heavy (non-hydrogen) atoms. The highest BCUT2D eigenvalue weighted by Gasteiger charge is 2.30. The predicted octanol–water partition coefficient (Wildman–Crippen LogP) is 3.31. The summed E-state index contributed by atoms with van der Waals surface area (Å²) in [6.45, 7) is 13.5. The monoisotopic (exact) mass is 551 g/mol. The average molecular weight is 552 g/mol. The highest BCUT2D eigenvalue weighted by Crippen LogP contribution is 2.44. The Balaban J connectivity index is 1.83. The summed E-state index contributed by atoms with van der Waals surface area (Å²) in [6.07, 6.45) is 6.61. The molecular weight excluding hydrogens is 508 g/mol. The van der Waals surface area contributed by atoms with Crippen LogP contribution in [0, 0.1) is 0 Å². The van der Waals surface area contributed by atoms with Crippen LogP contribution in [0.5, 0.6) is 5.75 Å². The standard InChI is InChI=1S/C31H42N4O3S/c1-7-34(8-2)24-14-16-27-29(21-24)38-30-22-25(35(9-3)10-4)15-17-28(30)31(27)23-12-11-13-26(20-23)39(36,37)32-18-19-33(5)6/h11-17,20-22,24,32H,7-10,18-19H2,1-6H3/p+1. The number of benzene rings is 2. The Hall–Kier alpha value is -2.91. The van der Waals surface area contributed by atoms with E-state index in [-0.39, 0.29) is 10.9 Å². The van der Waals surface area contributed by atoms with E-state index in [0.717, 1.165) is 65.6 Å². The van der Waals surface area contributed by atoms with E-state index in [4.69, 9.17) is 4.74 Å². The molecule has 210 valence electrons. The molecule has 0 amide bonds. The minimum Gasteiger partial charge on any atom is -0.456 e. The molecule has 1 unspecified atom stereocenters. The van der Waals surface area contributed by atoms with E-state index in [0.29, 0.717) is 13.1 Å². The Morgan fingerprint density at radius 1 is 1.00 bits per heavy atom. The molecule has 1 aliphatic carbocycles. The molecule has 2 aliphatic rings. The van der Waals surface area contributed by atoms with Gasteiger partial charge in [0.05, 0.1) is 18.0 Å². The van der Waals surface area contributed by atoms with Crippen LogP contribution in [-0.2, 0) is 10.0 Å². The van der Waals surface area contributed by atoms with Crippen LogP contribution < -0.4 is 19.3 Å². The van der Waals surface area contributed by atoms with Gasteiger partial charge in [0.1, 0.15) is 17.6 Å². The molecule has 1 heterocycles. The van der Waals surface area contributed by atoms with Gasteiger partial charge in [-0.1, -0.05) is 12.1 Å². The molecule has 8 heteroatoms. The summed E-state index contributed by atoms with van der Waals surface area (Å²) in [6, 6.07) is 13.8. The summed E-state index contributed by atoms with van der Waals surface area (Å²) in [5.41, 5.74) is 4.90. The van der Waals surface area contributed by atoms with Crippen molar-refractivity contribution in [2.45, 2.75) is 38.6 Å². The van der Waals surface area contributed by atoms with E-state index in [1.54, 1.807) is 12.1 Å². The lowest BCUT2D eigenvalue weighted by Crippen LogP contribution is -3.14. The third kappa shape index (κ3) is 6.30. The molecule has 7 nitrogen and oxygen atoms in total. The lowest BCUT2D eigenvalue weighted by molar-refractivity contribution is -0.908. The van der Waals surface area contributed by atoms with Crippen molar-refractivity contribution in [2.24, 2.45) is 0 Å². The van der Waals surface area contributed by atoms with E-state index in [1.165, 1.54) is 4.90 Å². The number of nitrogens with zero attached hydrogens (tertiary/aromatic N) is 2. The van der Waals surface area contributed by atoms with Gasteiger partial charge in [0.15, 0.2) is 0 Å². The van der Waals surface area contributed by atoms with Crippen molar-refractivity contribution in [3.05, 3.63) is 83.2 Å². The maximum Gasteiger partial charge on any atom is 0.240 e. The lowest BCUT2D eigenvalue weighted by Gasteiger charge is -2.31. The summed E-state index contributed by atoms with van der Waals surface area (Å²) < 4.78 is 35.6. The Bertz CT molecular complexity index is 1370. The highest BCUT2D eigenvalue weighted by atomic mass is 32.2. The van der Waals surface area contributed by atoms with Gasteiger partial charge in [0, 0.05) is 60.7 Å². The lowest BCUT2D eigenvalue weighted by atomic mass is 9.87. The van der Waals surface area contributed by atoms with Crippen LogP contribution >= 0.6 is 0 Å². The Morgan fingerprint density at radius 2 is 1.74 bits per heavy atom. The van der Waals surface area contributed by atoms with Crippen molar-refractivity contribution in [1.82, 2.24) is 9.62 Å². The number of quaternary nitrogens is 1. The first-order chi connectivity index (χ1) is 18.7. The second-order valence-electron chi connectivity index (χ2n) is 10.3. The van der Waals surface area contributed by atoms with E-state index >= 15 is 0 Å². The van der Waals surface area contributed by atoms with Crippen LogP contribution in [0.2, 0.25) is 0 Å². The first-order valence-corrected chi connectivity index (χ1v) is 15.5. The van der Waals surface area contributed by atoms with Crippen LogP contribution in [0.1, 0.15) is 38.8 Å². The van der Waals surface area contributed by atoms with Crippen molar-refractivity contribution in [2.75, 3.05) is 58.3 Å². The first kappa shape index (κ1) is 29.1. The zero-order valence-corrected chi connectivity index (χ0v) is 24.9. The van der Waals surface area contributed by atoms with Crippen molar-refractivity contribution in [3.8, 4) is 5.75 Å². The van der Waals surface area contributed by atoms with E-state index in [9.17, 15) is 8.42 Å². The maximum atomic E-state index is 13.1. The number of rotatable bonds is 12. The molecule has 2 aromatic carbocycles. The molecule has 0 aromatic heterocycles. The van der Waals surface area contributed by atoms with Gasteiger partial charge in [-0.15, -0.1) is 0 Å². The number of allylic oxidation sites excluding steroid dienone is 1. The van der Waals surface area contributed by atoms with Gasteiger partial charge in [-0.25, -0.2) is 13.1 Å². The summed E-state index contributed by atoms with van der Waals surface area (Å²) in [5.74, 6) is 1.63. The van der Waals surface area contributed by atoms with Gasteiger partial charge in [-0.3, -0.25) is 0 Å².